The van der Waals surface area contributed by atoms with Crippen molar-refractivity contribution in [3.63, 3.8) is 0 Å². The van der Waals surface area contributed by atoms with Gasteiger partial charge in [-0.25, -0.2) is 0 Å². The number of carbonyl (C=O) groups excluding carboxylic acids is 1. The van der Waals surface area contributed by atoms with Gasteiger partial charge >= 0.3 is 0 Å². The standard InChI is InChI=1S/C20H18N2O2/c23-19-10-9-18(21-19)14-7-5-13(6-8-14)11-16-12-15-3-1-2-4-17(15)22-20(16)24/h1-8,12,18H,9-11H2,(H,21,23)(H,22,24)/t18-/m0/s1. The number of hydrogen-bond donors (Lipinski definition) is 2. The van der Waals surface area contributed by atoms with Gasteiger partial charge in [0, 0.05) is 23.9 Å². The average molecular weight is 318 g/mol. The molecule has 1 saturated heterocycles. The molecule has 0 spiro atoms. The first-order valence-corrected chi connectivity index (χ1v) is 8.18. The molecule has 2 N–H and O–H groups in total. The Kier molecular flexibility index (Phi) is 3.65. The number of para-hydroxylation sites is 1. The highest BCUT2D eigenvalue weighted by atomic mass is 16.2. The summed E-state index contributed by atoms with van der Waals surface area (Å²) in [4.78, 5) is 26.5. The lowest BCUT2D eigenvalue weighted by atomic mass is 10.00. The van der Waals surface area contributed by atoms with E-state index in [-0.39, 0.29) is 17.5 Å². The van der Waals surface area contributed by atoms with E-state index >= 15 is 0 Å². The van der Waals surface area contributed by atoms with Crippen LogP contribution in [0.15, 0.2) is 59.4 Å². The molecule has 3 aromatic rings. The summed E-state index contributed by atoms with van der Waals surface area (Å²) in [6, 6.07) is 18.0. The monoisotopic (exact) mass is 318 g/mol. The number of fused-ring (bicyclic) bond motifs is 1. The smallest absolute Gasteiger partial charge is 0.251 e. The molecule has 2 heterocycles. The maximum Gasteiger partial charge on any atom is 0.251 e. The Hall–Kier alpha value is -2.88. The second kappa shape index (κ2) is 5.96. The van der Waals surface area contributed by atoms with Crippen molar-refractivity contribution in [1.29, 1.82) is 0 Å². The summed E-state index contributed by atoms with van der Waals surface area (Å²) in [6.07, 6.45) is 2.04. The van der Waals surface area contributed by atoms with Crippen LogP contribution in [0.25, 0.3) is 10.9 Å². The van der Waals surface area contributed by atoms with Crippen LogP contribution >= 0.6 is 0 Å². The van der Waals surface area contributed by atoms with Crippen molar-refractivity contribution in [2.45, 2.75) is 25.3 Å². The van der Waals surface area contributed by atoms with Crippen LogP contribution < -0.4 is 10.9 Å². The van der Waals surface area contributed by atoms with Gasteiger partial charge in [0.1, 0.15) is 0 Å². The van der Waals surface area contributed by atoms with Crippen LogP contribution in [-0.2, 0) is 11.2 Å². The zero-order chi connectivity index (χ0) is 16.5. The van der Waals surface area contributed by atoms with Crippen molar-refractivity contribution in [2.24, 2.45) is 0 Å². The molecular formula is C20H18N2O2. The Morgan fingerprint density at radius 3 is 2.54 bits per heavy atom. The minimum absolute atomic E-state index is 0.0409. The minimum Gasteiger partial charge on any atom is -0.349 e. The molecule has 0 bridgehead atoms. The molecule has 1 aliphatic heterocycles. The van der Waals surface area contributed by atoms with E-state index in [1.807, 2.05) is 54.6 Å². The van der Waals surface area contributed by atoms with Crippen molar-refractivity contribution >= 4 is 16.8 Å². The van der Waals surface area contributed by atoms with E-state index in [1.165, 1.54) is 0 Å². The molecular weight excluding hydrogens is 300 g/mol. The van der Waals surface area contributed by atoms with Crippen molar-refractivity contribution in [3.05, 3.63) is 81.6 Å². The molecule has 1 atom stereocenters. The molecule has 0 saturated carbocycles. The maximum absolute atomic E-state index is 12.2. The van der Waals surface area contributed by atoms with Crippen LogP contribution in [0.2, 0.25) is 0 Å². The van der Waals surface area contributed by atoms with Gasteiger partial charge in [0.05, 0.1) is 6.04 Å². The third-order valence-corrected chi connectivity index (χ3v) is 4.60. The Labute approximate surface area is 139 Å². The van der Waals surface area contributed by atoms with E-state index in [9.17, 15) is 9.59 Å². The van der Waals surface area contributed by atoms with Crippen molar-refractivity contribution < 1.29 is 4.79 Å². The molecule has 1 aromatic heterocycles. The van der Waals surface area contributed by atoms with Gasteiger partial charge in [0.25, 0.3) is 5.56 Å². The van der Waals surface area contributed by atoms with Gasteiger partial charge in [0.2, 0.25) is 5.91 Å². The zero-order valence-corrected chi connectivity index (χ0v) is 13.2. The number of H-pyrrole nitrogens is 1. The number of benzene rings is 2. The normalized spacial score (nSPS) is 17.2. The molecule has 1 fully saturated rings. The van der Waals surface area contributed by atoms with Gasteiger partial charge in [-0.15, -0.1) is 0 Å². The number of aromatic amines is 1. The summed E-state index contributed by atoms with van der Waals surface area (Å²) < 4.78 is 0. The average Bonchev–Trinajstić information content (AvgIpc) is 3.03. The lowest BCUT2D eigenvalue weighted by molar-refractivity contribution is -0.119. The number of rotatable bonds is 3. The fourth-order valence-corrected chi connectivity index (χ4v) is 3.28. The van der Waals surface area contributed by atoms with E-state index < -0.39 is 0 Å². The third kappa shape index (κ3) is 2.83. The van der Waals surface area contributed by atoms with Gasteiger partial charge in [-0.3, -0.25) is 9.59 Å². The predicted molar refractivity (Wildman–Crippen MR) is 93.9 cm³/mol. The Morgan fingerprint density at radius 2 is 1.79 bits per heavy atom. The van der Waals surface area contributed by atoms with Gasteiger partial charge < -0.3 is 10.3 Å². The van der Waals surface area contributed by atoms with Crippen LogP contribution in [0.3, 0.4) is 0 Å². The first-order chi connectivity index (χ1) is 11.7. The van der Waals surface area contributed by atoms with E-state index in [0.717, 1.165) is 34.0 Å². The molecule has 4 heteroatoms. The highest BCUT2D eigenvalue weighted by Gasteiger charge is 2.21. The molecule has 0 unspecified atom stereocenters. The first-order valence-electron chi connectivity index (χ1n) is 8.18. The summed E-state index contributed by atoms with van der Waals surface area (Å²) >= 11 is 0. The molecule has 24 heavy (non-hydrogen) atoms. The lowest BCUT2D eigenvalue weighted by Gasteiger charge is -2.11. The summed E-state index contributed by atoms with van der Waals surface area (Å²) in [5.41, 5.74) is 3.79. The molecule has 0 radical (unpaired) electrons. The second-order valence-electron chi connectivity index (χ2n) is 6.29. The van der Waals surface area contributed by atoms with Crippen LogP contribution in [-0.4, -0.2) is 10.9 Å². The Bertz CT molecular complexity index is 957. The van der Waals surface area contributed by atoms with Gasteiger partial charge in [0.15, 0.2) is 0 Å². The SMILES string of the molecule is O=C1CC[C@@H](c2ccc(Cc3cc4ccccc4[nH]c3=O)cc2)N1. The highest BCUT2D eigenvalue weighted by Crippen LogP contribution is 2.24. The quantitative estimate of drug-likeness (QED) is 0.779. The Balaban J connectivity index is 1.58. The number of hydrogen-bond acceptors (Lipinski definition) is 2. The Morgan fingerprint density at radius 1 is 1.00 bits per heavy atom. The van der Waals surface area contributed by atoms with Crippen LogP contribution in [0.1, 0.15) is 35.6 Å². The molecule has 0 aliphatic carbocycles. The van der Waals surface area contributed by atoms with E-state index in [2.05, 4.69) is 10.3 Å². The number of amides is 1. The third-order valence-electron chi connectivity index (χ3n) is 4.60. The largest absolute Gasteiger partial charge is 0.349 e. The molecule has 120 valence electrons. The van der Waals surface area contributed by atoms with Crippen molar-refractivity contribution in [1.82, 2.24) is 10.3 Å². The maximum atomic E-state index is 12.2. The number of aromatic nitrogens is 1. The van der Waals surface area contributed by atoms with E-state index in [4.69, 9.17) is 0 Å². The van der Waals surface area contributed by atoms with Crippen LogP contribution in [0.4, 0.5) is 0 Å². The summed E-state index contributed by atoms with van der Waals surface area (Å²) in [5, 5.41) is 4.01. The van der Waals surface area contributed by atoms with Crippen molar-refractivity contribution in [3.8, 4) is 0 Å². The molecule has 1 amide bonds. The molecule has 4 nitrogen and oxygen atoms in total. The molecule has 4 rings (SSSR count). The summed E-state index contributed by atoms with van der Waals surface area (Å²) in [6.45, 7) is 0. The van der Waals surface area contributed by atoms with Crippen LogP contribution in [0.5, 0.6) is 0 Å². The molecule has 2 aromatic carbocycles. The number of pyridine rings is 1. The zero-order valence-electron chi connectivity index (χ0n) is 13.2. The van der Waals surface area contributed by atoms with Gasteiger partial charge in [-0.05, 0) is 35.1 Å². The van der Waals surface area contributed by atoms with Gasteiger partial charge in [-0.1, -0.05) is 42.5 Å². The summed E-state index contributed by atoms with van der Waals surface area (Å²) in [5.74, 6) is 0.117. The number of nitrogens with one attached hydrogen (secondary N) is 2. The predicted octanol–water partition coefficient (Wildman–Crippen LogP) is 3.07. The van der Waals surface area contributed by atoms with E-state index in [0.29, 0.717) is 12.8 Å². The second-order valence-corrected chi connectivity index (χ2v) is 6.29. The fourth-order valence-electron chi connectivity index (χ4n) is 3.28. The lowest BCUT2D eigenvalue weighted by Crippen LogP contribution is -2.18. The van der Waals surface area contributed by atoms with Crippen molar-refractivity contribution in [2.75, 3.05) is 0 Å². The molecule has 1 aliphatic rings. The minimum atomic E-state index is -0.0409. The van der Waals surface area contributed by atoms with Crippen LogP contribution in [0, 0.1) is 0 Å². The topological polar surface area (TPSA) is 62.0 Å². The summed E-state index contributed by atoms with van der Waals surface area (Å²) in [7, 11) is 0. The fraction of sp³-hybridized carbons (Fsp3) is 0.200. The van der Waals surface area contributed by atoms with Gasteiger partial charge in [-0.2, -0.15) is 0 Å². The highest BCUT2D eigenvalue weighted by molar-refractivity contribution is 5.79. The number of carbonyl (C=O) groups is 1. The first kappa shape index (κ1) is 14.7. The van der Waals surface area contributed by atoms with E-state index in [1.54, 1.807) is 0 Å².